The summed E-state index contributed by atoms with van der Waals surface area (Å²) in [6, 6.07) is 13.6. The van der Waals surface area contributed by atoms with Crippen molar-refractivity contribution < 1.29 is 13.7 Å². The van der Waals surface area contributed by atoms with Gasteiger partial charge in [-0.3, -0.25) is 0 Å². The molecule has 0 spiro atoms. The minimum atomic E-state index is -0.585. The molecule has 6 aliphatic rings. The Morgan fingerprint density at radius 3 is 1.15 bits per heavy atom. The number of para-hydroxylation sites is 2. The van der Waals surface area contributed by atoms with E-state index in [9.17, 15) is 0 Å². The van der Waals surface area contributed by atoms with E-state index in [-0.39, 0.29) is 33.0 Å². The topological polar surface area (TPSA) is 3.24 Å². The number of hydrogen-bond donors (Lipinski definition) is 0. The summed E-state index contributed by atoms with van der Waals surface area (Å²) < 4.78 is 87.7. The van der Waals surface area contributed by atoms with E-state index in [0.717, 1.165) is 73.6 Å². The second-order valence-electron chi connectivity index (χ2n) is 15.8. The van der Waals surface area contributed by atoms with Crippen LogP contribution in [0.3, 0.4) is 0 Å². The van der Waals surface area contributed by atoms with Gasteiger partial charge in [-0.25, -0.2) is 0 Å². The van der Waals surface area contributed by atoms with Crippen molar-refractivity contribution in [3.8, 4) is 22.3 Å². The van der Waals surface area contributed by atoms with Gasteiger partial charge in [-0.2, -0.15) is 0 Å². The van der Waals surface area contributed by atoms with Crippen LogP contribution >= 0.6 is 0 Å². The highest BCUT2D eigenvalue weighted by Gasteiger charge is 2.48. The standard InChI is InChI=1S/C46H47N/c1-43-19-23-45(3,24-20-43)41-30-32(15-17-39(41)43)34-27-35(33-16-18-40-42(31-33)46(4)25-21-44(40,2)22-26-46)29-38(28-34)47(36-11-7-5-8-12-36)37-13-9-6-10-14-37/h5-18,27-31H,19-26H2,1-4H3/i5D,6D,7D,8D,9D,10D,11D,12D,13D,14D. The second kappa shape index (κ2) is 10.2. The maximum Gasteiger partial charge on any atom is 0.0645 e. The Morgan fingerprint density at radius 1 is 0.404 bits per heavy atom. The first-order valence-corrected chi connectivity index (χ1v) is 17.2. The summed E-state index contributed by atoms with van der Waals surface area (Å²) in [6.07, 6.45) is 9.03. The smallest absolute Gasteiger partial charge is 0.0645 e. The van der Waals surface area contributed by atoms with Gasteiger partial charge >= 0.3 is 0 Å². The molecule has 0 atom stereocenters. The summed E-state index contributed by atoms with van der Waals surface area (Å²) >= 11 is 0. The van der Waals surface area contributed by atoms with E-state index in [1.165, 1.54) is 27.2 Å². The molecule has 11 rings (SSSR count). The van der Waals surface area contributed by atoms with Gasteiger partial charge < -0.3 is 4.90 Å². The first-order chi connectivity index (χ1) is 26.8. The normalized spacial score (nSPS) is 31.5. The number of rotatable bonds is 5. The van der Waals surface area contributed by atoms with Gasteiger partial charge in [0.25, 0.3) is 0 Å². The van der Waals surface area contributed by atoms with Crippen molar-refractivity contribution in [3.05, 3.63) is 137 Å². The minimum Gasteiger partial charge on any atom is -0.310 e. The molecule has 0 amide bonds. The minimum absolute atomic E-state index is 0.0412. The van der Waals surface area contributed by atoms with Crippen LogP contribution in [-0.4, -0.2) is 0 Å². The number of anilines is 3. The van der Waals surface area contributed by atoms with Crippen molar-refractivity contribution >= 4 is 17.1 Å². The molecular formula is C46H47N. The Morgan fingerprint density at radius 2 is 0.766 bits per heavy atom. The van der Waals surface area contributed by atoms with Crippen LogP contribution in [-0.2, 0) is 21.7 Å². The molecule has 0 radical (unpaired) electrons. The first kappa shape index (κ1) is 20.3. The molecule has 0 aromatic heterocycles. The van der Waals surface area contributed by atoms with Crippen LogP contribution in [0.4, 0.5) is 17.1 Å². The number of fused-ring (bicyclic) bond motifs is 4. The van der Waals surface area contributed by atoms with E-state index in [1.54, 1.807) is 0 Å². The van der Waals surface area contributed by atoms with Crippen molar-refractivity contribution in [2.75, 3.05) is 4.90 Å². The summed E-state index contributed by atoms with van der Waals surface area (Å²) in [5, 5.41) is 0. The average Bonchev–Trinajstić information content (AvgIpc) is 3.21. The fraction of sp³-hybridized carbons (Fsp3) is 0.348. The molecule has 0 unspecified atom stereocenters. The van der Waals surface area contributed by atoms with Gasteiger partial charge in [0.15, 0.2) is 0 Å². The molecule has 0 heterocycles. The second-order valence-corrected chi connectivity index (χ2v) is 15.8. The highest BCUT2D eigenvalue weighted by Crippen LogP contribution is 2.58. The van der Waals surface area contributed by atoms with E-state index in [0.29, 0.717) is 5.69 Å². The summed E-state index contributed by atoms with van der Waals surface area (Å²) in [5.74, 6) is 0. The van der Waals surface area contributed by atoms with Crippen LogP contribution in [0.15, 0.2) is 115 Å². The molecule has 5 aromatic rings. The number of hydrogen-bond acceptors (Lipinski definition) is 1. The Balaban J connectivity index is 1.36. The van der Waals surface area contributed by atoms with E-state index in [4.69, 9.17) is 13.7 Å². The Labute approximate surface area is 295 Å². The van der Waals surface area contributed by atoms with Crippen LogP contribution in [0.1, 0.15) is 115 Å². The average molecular weight is 624 g/mol. The molecule has 236 valence electrons. The Hall–Kier alpha value is -4.10. The fourth-order valence-corrected chi connectivity index (χ4v) is 9.44. The SMILES string of the molecule is [2H]c1c([2H])c([2H])c(N(c2cc(-c3ccc4c(c3)C3(C)CCC4(C)CC3)cc(-c3ccc4c(c3)C3(C)CCC4(C)CC3)c2)c2c([2H])c([2H])c([2H])c([2H])c2[2H])c([2H])c1[2H]. The molecule has 4 bridgehead atoms. The van der Waals surface area contributed by atoms with Gasteiger partial charge in [0, 0.05) is 17.1 Å². The third kappa shape index (κ3) is 4.49. The van der Waals surface area contributed by atoms with Crippen molar-refractivity contribution in [2.24, 2.45) is 0 Å². The Bertz CT molecular complexity index is 2330. The summed E-state index contributed by atoms with van der Waals surface area (Å²) in [5.41, 5.74) is 9.00. The Kier molecular flexibility index (Phi) is 4.41. The van der Waals surface area contributed by atoms with Gasteiger partial charge in [-0.15, -0.1) is 0 Å². The molecule has 1 heteroatoms. The van der Waals surface area contributed by atoms with Crippen molar-refractivity contribution in [1.29, 1.82) is 0 Å². The zero-order chi connectivity index (χ0) is 40.7. The molecular weight excluding hydrogens is 567 g/mol. The van der Waals surface area contributed by atoms with Crippen LogP contribution in [0.25, 0.3) is 22.3 Å². The van der Waals surface area contributed by atoms with Crippen LogP contribution in [0.5, 0.6) is 0 Å². The predicted molar refractivity (Wildman–Crippen MR) is 198 cm³/mol. The maximum absolute atomic E-state index is 9.11. The molecule has 0 aliphatic heterocycles. The highest BCUT2D eigenvalue weighted by molar-refractivity contribution is 5.85. The van der Waals surface area contributed by atoms with Gasteiger partial charge in [-0.1, -0.05) is 100 Å². The first-order valence-electron chi connectivity index (χ1n) is 22.2. The molecule has 2 saturated carbocycles. The lowest BCUT2D eigenvalue weighted by Crippen LogP contribution is -2.44. The van der Waals surface area contributed by atoms with Crippen LogP contribution in [0.2, 0.25) is 0 Å². The van der Waals surface area contributed by atoms with Gasteiger partial charge in [0.1, 0.15) is 0 Å². The third-order valence-corrected chi connectivity index (χ3v) is 12.8. The van der Waals surface area contributed by atoms with E-state index >= 15 is 0 Å². The van der Waals surface area contributed by atoms with Crippen LogP contribution in [0, 0.1) is 0 Å². The van der Waals surface area contributed by atoms with Crippen LogP contribution < -0.4 is 4.90 Å². The van der Waals surface area contributed by atoms with Gasteiger partial charge in [-0.05, 0) is 160 Å². The number of benzene rings is 5. The van der Waals surface area contributed by atoms with Crippen molar-refractivity contribution in [3.63, 3.8) is 0 Å². The zero-order valence-electron chi connectivity index (χ0n) is 37.8. The van der Waals surface area contributed by atoms with E-state index < -0.39 is 60.4 Å². The van der Waals surface area contributed by atoms with Gasteiger partial charge in [0.2, 0.25) is 0 Å². The highest BCUT2D eigenvalue weighted by atomic mass is 15.1. The largest absolute Gasteiger partial charge is 0.310 e. The van der Waals surface area contributed by atoms with Crippen molar-refractivity contribution in [2.45, 2.75) is 101 Å². The molecule has 5 aromatic carbocycles. The molecule has 47 heavy (non-hydrogen) atoms. The fourth-order valence-electron chi connectivity index (χ4n) is 9.44. The quantitative estimate of drug-likeness (QED) is 0.188. The number of nitrogens with zero attached hydrogens (tertiary/aromatic N) is 1. The third-order valence-electron chi connectivity index (χ3n) is 12.8. The predicted octanol–water partition coefficient (Wildman–Crippen LogP) is 12.7. The monoisotopic (exact) mass is 623 g/mol. The molecule has 6 aliphatic carbocycles. The van der Waals surface area contributed by atoms with Gasteiger partial charge in [0.05, 0.1) is 13.7 Å². The van der Waals surface area contributed by atoms with Crippen molar-refractivity contribution in [1.82, 2.24) is 0 Å². The molecule has 1 nitrogen and oxygen atoms in total. The summed E-state index contributed by atoms with van der Waals surface area (Å²) in [4.78, 5) is 1.29. The van der Waals surface area contributed by atoms with E-state index in [1.807, 2.05) is 12.1 Å². The molecule has 2 fully saturated rings. The lowest BCUT2D eigenvalue weighted by molar-refractivity contribution is 0.188. The van der Waals surface area contributed by atoms with E-state index in [2.05, 4.69) is 70.2 Å². The summed E-state index contributed by atoms with van der Waals surface area (Å²) in [7, 11) is 0. The lowest BCUT2D eigenvalue weighted by atomic mass is 9.52. The zero-order valence-corrected chi connectivity index (χ0v) is 27.8. The molecule has 0 N–H and O–H groups in total. The lowest BCUT2D eigenvalue weighted by Gasteiger charge is -2.52. The summed E-state index contributed by atoms with van der Waals surface area (Å²) in [6.45, 7) is 9.45. The molecule has 0 saturated heterocycles. The maximum atomic E-state index is 9.11.